The van der Waals surface area contributed by atoms with E-state index in [1.54, 1.807) is 0 Å². The van der Waals surface area contributed by atoms with Gasteiger partial charge in [-0.25, -0.2) is 8.42 Å². The summed E-state index contributed by atoms with van der Waals surface area (Å²) in [6.07, 6.45) is -7.85. The van der Waals surface area contributed by atoms with Crippen molar-refractivity contribution in [1.82, 2.24) is 0 Å². The zero-order chi connectivity index (χ0) is 23.0. The van der Waals surface area contributed by atoms with E-state index in [1.807, 2.05) is 0 Å². The van der Waals surface area contributed by atoms with Crippen LogP contribution >= 0.6 is 11.8 Å². The molecule has 1 aliphatic heterocycles. The van der Waals surface area contributed by atoms with Crippen molar-refractivity contribution in [2.45, 2.75) is 40.2 Å². The molecule has 170 valence electrons. The zero-order valence-corrected chi connectivity index (χ0v) is 17.8. The van der Waals surface area contributed by atoms with Crippen LogP contribution in [0.5, 0.6) is 0 Å². The van der Waals surface area contributed by atoms with Crippen molar-refractivity contribution in [3.8, 4) is 11.1 Å². The maximum absolute atomic E-state index is 14.1. The van der Waals surface area contributed by atoms with Crippen molar-refractivity contribution in [2.24, 2.45) is 0 Å². The molecule has 1 aliphatic rings. The highest BCUT2D eigenvalue weighted by molar-refractivity contribution is 7.99. The van der Waals surface area contributed by atoms with E-state index < -0.39 is 48.4 Å². The van der Waals surface area contributed by atoms with E-state index in [9.17, 15) is 34.8 Å². The van der Waals surface area contributed by atoms with Gasteiger partial charge in [-0.2, -0.15) is 26.3 Å². The van der Waals surface area contributed by atoms with E-state index in [4.69, 9.17) is 4.74 Å². The van der Waals surface area contributed by atoms with Crippen LogP contribution in [-0.2, 0) is 26.9 Å². The lowest BCUT2D eigenvalue weighted by Crippen LogP contribution is -2.29. The van der Waals surface area contributed by atoms with Crippen molar-refractivity contribution >= 4 is 21.6 Å². The minimum Gasteiger partial charge on any atom is -0.381 e. The fourth-order valence-corrected chi connectivity index (χ4v) is 6.60. The van der Waals surface area contributed by atoms with Crippen LogP contribution in [0, 0.1) is 0 Å². The highest BCUT2D eigenvalue weighted by atomic mass is 32.2. The van der Waals surface area contributed by atoms with Crippen molar-refractivity contribution in [3.63, 3.8) is 0 Å². The first-order chi connectivity index (χ1) is 14.4. The van der Waals surface area contributed by atoms with Crippen molar-refractivity contribution < 1.29 is 39.5 Å². The van der Waals surface area contributed by atoms with Crippen molar-refractivity contribution in [3.05, 3.63) is 47.5 Å². The van der Waals surface area contributed by atoms with E-state index in [0.717, 1.165) is 24.3 Å². The molecule has 0 radical (unpaired) electrons. The maximum Gasteiger partial charge on any atom is 0.418 e. The number of sulfone groups is 1. The first kappa shape index (κ1) is 23.9. The second-order valence-corrected chi connectivity index (χ2v) is 9.96. The molecule has 0 spiro atoms. The Labute approximate surface area is 179 Å². The summed E-state index contributed by atoms with van der Waals surface area (Å²) in [7, 11) is -4.06. The molecule has 0 amide bonds. The molecule has 0 saturated carbocycles. The summed E-state index contributed by atoms with van der Waals surface area (Å²) in [6, 6.07) is 5.41. The third kappa shape index (κ3) is 4.88. The maximum atomic E-state index is 14.1. The van der Waals surface area contributed by atoms with Gasteiger partial charge in [0, 0.05) is 18.1 Å². The van der Waals surface area contributed by atoms with Crippen molar-refractivity contribution in [1.29, 1.82) is 0 Å². The van der Waals surface area contributed by atoms with Gasteiger partial charge in [-0.1, -0.05) is 18.2 Å². The number of hydrogen-bond acceptors (Lipinski definition) is 4. The highest BCUT2D eigenvalue weighted by Gasteiger charge is 2.41. The second-order valence-electron chi connectivity index (χ2n) is 6.95. The van der Waals surface area contributed by atoms with E-state index in [1.165, 1.54) is 6.26 Å². The van der Waals surface area contributed by atoms with Crippen molar-refractivity contribution in [2.75, 3.05) is 19.5 Å². The lowest BCUT2D eigenvalue weighted by atomic mass is 9.98. The van der Waals surface area contributed by atoms with Crippen LogP contribution in [0.15, 0.2) is 46.2 Å². The minimum atomic E-state index is -4.92. The van der Waals surface area contributed by atoms with Crippen LogP contribution in [0.3, 0.4) is 0 Å². The summed E-state index contributed by atoms with van der Waals surface area (Å²) in [5.41, 5.74) is -2.64. The van der Waals surface area contributed by atoms with Crippen LogP contribution in [0.1, 0.15) is 24.0 Å². The Balaban J connectivity index is 2.19. The van der Waals surface area contributed by atoms with Gasteiger partial charge < -0.3 is 4.74 Å². The van der Waals surface area contributed by atoms with Gasteiger partial charge in [-0.15, -0.1) is 11.8 Å². The summed E-state index contributed by atoms with van der Waals surface area (Å²) in [6.45, 7) is 0.405. The number of thioether (sulfide) groups is 1. The molecule has 0 aromatic heterocycles. The molecular weight excluding hydrogens is 466 g/mol. The molecule has 31 heavy (non-hydrogen) atoms. The number of rotatable bonds is 4. The van der Waals surface area contributed by atoms with Gasteiger partial charge in [0.05, 0.1) is 21.3 Å². The molecule has 2 aromatic rings. The monoisotopic (exact) mass is 484 g/mol. The minimum absolute atomic E-state index is 0.0920. The van der Waals surface area contributed by atoms with Gasteiger partial charge in [0.2, 0.25) is 0 Å². The third-order valence-electron chi connectivity index (χ3n) is 5.05. The largest absolute Gasteiger partial charge is 0.418 e. The molecule has 0 N–H and O–H groups in total. The number of ether oxygens (including phenoxy) is 1. The molecule has 1 saturated heterocycles. The van der Waals surface area contributed by atoms with Gasteiger partial charge in [0.1, 0.15) is 0 Å². The Bertz CT molecular complexity index is 1040. The molecule has 1 fully saturated rings. The molecule has 0 bridgehead atoms. The summed E-state index contributed by atoms with van der Waals surface area (Å²) < 4.78 is 112. The Kier molecular flexibility index (Phi) is 6.69. The topological polar surface area (TPSA) is 43.4 Å². The summed E-state index contributed by atoms with van der Waals surface area (Å²) in [5, 5.41) is -0.856. The Morgan fingerprint density at radius 2 is 1.48 bits per heavy atom. The Morgan fingerprint density at radius 3 is 1.97 bits per heavy atom. The smallest absolute Gasteiger partial charge is 0.381 e. The van der Waals surface area contributed by atoms with E-state index in [0.29, 0.717) is 23.9 Å². The fraction of sp³-hybridized carbons (Fsp3) is 0.400. The Hall–Kier alpha value is -1.72. The average molecular weight is 484 g/mol. The average Bonchev–Trinajstić information content (AvgIpc) is 2.72. The lowest BCUT2D eigenvalue weighted by Gasteiger charge is -2.25. The molecule has 0 atom stereocenters. The quantitative estimate of drug-likeness (QED) is 0.391. The third-order valence-corrected chi connectivity index (χ3v) is 8.31. The first-order valence-electron chi connectivity index (χ1n) is 9.15. The number of benzene rings is 2. The number of halogens is 6. The van der Waals surface area contributed by atoms with Gasteiger partial charge in [0.25, 0.3) is 0 Å². The summed E-state index contributed by atoms with van der Waals surface area (Å²) in [5.74, 6) is 0. The van der Waals surface area contributed by atoms with E-state index >= 15 is 0 Å². The SMILES string of the molecule is CSc1c(S(=O)(=O)C2CCOCC2)ccc(-c2ccc(C(F)(F)F)cc2)c1C(F)(F)F. The molecule has 11 heteroatoms. The van der Waals surface area contributed by atoms with Gasteiger partial charge >= 0.3 is 12.4 Å². The second kappa shape index (κ2) is 8.67. The molecule has 2 aromatic carbocycles. The molecule has 0 unspecified atom stereocenters. The molecule has 3 rings (SSSR count). The Morgan fingerprint density at radius 1 is 0.903 bits per heavy atom. The number of hydrogen-bond donors (Lipinski definition) is 0. The van der Waals surface area contributed by atoms with Crippen LogP contribution in [-0.4, -0.2) is 33.1 Å². The summed E-state index contributed by atoms with van der Waals surface area (Å²) >= 11 is 0.646. The molecule has 0 aliphatic carbocycles. The van der Waals surface area contributed by atoms with Crippen LogP contribution in [0.4, 0.5) is 26.3 Å². The van der Waals surface area contributed by atoms with Crippen LogP contribution in [0.25, 0.3) is 11.1 Å². The fourth-order valence-electron chi connectivity index (χ4n) is 3.52. The van der Waals surface area contributed by atoms with Gasteiger partial charge in [-0.05, 0) is 48.4 Å². The highest BCUT2D eigenvalue weighted by Crippen LogP contribution is 2.46. The van der Waals surface area contributed by atoms with E-state index in [2.05, 4.69) is 0 Å². The summed E-state index contributed by atoms with van der Waals surface area (Å²) in [4.78, 5) is -0.883. The lowest BCUT2D eigenvalue weighted by molar-refractivity contribution is -0.139. The van der Waals surface area contributed by atoms with Crippen LogP contribution < -0.4 is 0 Å². The van der Waals surface area contributed by atoms with Gasteiger partial charge in [0.15, 0.2) is 9.84 Å². The normalized spacial score (nSPS) is 16.5. The molecule has 1 heterocycles. The van der Waals surface area contributed by atoms with E-state index in [-0.39, 0.29) is 37.2 Å². The molecular formula is C20H18F6O3S2. The molecule has 3 nitrogen and oxygen atoms in total. The predicted octanol–water partition coefficient (Wildman–Crippen LogP) is 6.07. The zero-order valence-electron chi connectivity index (χ0n) is 16.2. The standard InChI is InChI=1S/C20H18F6O3S2/c1-30-18-16(31(27,28)14-8-10-29-11-9-14)7-6-15(17(18)20(24,25)26)12-2-4-13(5-3-12)19(21,22)23/h2-7,14H,8-11H2,1H3. The first-order valence-corrected chi connectivity index (χ1v) is 11.9. The predicted molar refractivity (Wildman–Crippen MR) is 105 cm³/mol. The van der Waals surface area contributed by atoms with Crippen LogP contribution in [0.2, 0.25) is 0 Å². The van der Waals surface area contributed by atoms with Gasteiger partial charge in [-0.3, -0.25) is 0 Å². The number of alkyl halides is 6.